The zero-order valence-electron chi connectivity index (χ0n) is 11.1. The van der Waals surface area contributed by atoms with Crippen LogP contribution >= 0.6 is 23.2 Å². The highest BCUT2D eigenvalue weighted by atomic mass is 35.5. The minimum Gasteiger partial charge on any atom is -0.492 e. The lowest BCUT2D eigenvalue weighted by Crippen LogP contribution is -2.32. The highest BCUT2D eigenvalue weighted by molar-refractivity contribution is 6.35. The smallest absolute Gasteiger partial charge is 0.231 e. The fourth-order valence-electron chi connectivity index (χ4n) is 2.32. The second kappa shape index (κ2) is 5.96. The molecule has 21 heavy (non-hydrogen) atoms. The molecule has 1 atom stereocenters. The van der Waals surface area contributed by atoms with E-state index in [1.54, 1.807) is 18.2 Å². The van der Waals surface area contributed by atoms with E-state index < -0.39 is 0 Å². The van der Waals surface area contributed by atoms with Crippen LogP contribution in [0.5, 0.6) is 5.75 Å². The van der Waals surface area contributed by atoms with Crippen LogP contribution in [0.3, 0.4) is 0 Å². The van der Waals surface area contributed by atoms with Crippen molar-refractivity contribution in [1.82, 2.24) is 0 Å². The standard InChI is InChI=1S/C16H13Cl2NO2/c17-12-5-6-13(18)14(8-12)19-16(20)11-7-10-3-1-2-4-15(10)21-9-11/h1-6,8,11H,7,9H2,(H,19,20). The van der Waals surface area contributed by atoms with Crippen molar-refractivity contribution in [1.29, 1.82) is 0 Å². The first-order valence-electron chi connectivity index (χ1n) is 6.60. The molecule has 1 amide bonds. The Morgan fingerprint density at radius 1 is 1.19 bits per heavy atom. The van der Waals surface area contributed by atoms with Crippen molar-refractivity contribution in [3.63, 3.8) is 0 Å². The van der Waals surface area contributed by atoms with E-state index in [1.165, 1.54) is 0 Å². The van der Waals surface area contributed by atoms with Crippen LogP contribution in [0.2, 0.25) is 10.0 Å². The van der Waals surface area contributed by atoms with E-state index in [0.29, 0.717) is 28.8 Å². The lowest BCUT2D eigenvalue weighted by molar-refractivity contribution is -0.121. The van der Waals surface area contributed by atoms with Gasteiger partial charge in [-0.2, -0.15) is 0 Å². The van der Waals surface area contributed by atoms with Crippen molar-refractivity contribution in [3.05, 3.63) is 58.1 Å². The first-order chi connectivity index (χ1) is 10.1. The molecular weight excluding hydrogens is 309 g/mol. The van der Waals surface area contributed by atoms with Crippen LogP contribution in [-0.4, -0.2) is 12.5 Å². The summed E-state index contributed by atoms with van der Waals surface area (Å²) >= 11 is 12.0. The Hall–Kier alpha value is -1.71. The van der Waals surface area contributed by atoms with Crippen molar-refractivity contribution >= 4 is 34.8 Å². The third-order valence-corrected chi connectivity index (χ3v) is 4.00. The van der Waals surface area contributed by atoms with E-state index in [9.17, 15) is 4.79 Å². The number of rotatable bonds is 2. The molecule has 0 aromatic heterocycles. The number of fused-ring (bicyclic) bond motifs is 1. The molecule has 1 aliphatic heterocycles. The van der Waals surface area contributed by atoms with Gasteiger partial charge in [-0.05, 0) is 36.2 Å². The number of ether oxygens (including phenoxy) is 1. The second-order valence-electron chi connectivity index (χ2n) is 4.93. The van der Waals surface area contributed by atoms with Gasteiger partial charge in [0.15, 0.2) is 0 Å². The normalized spacial score (nSPS) is 16.8. The lowest BCUT2D eigenvalue weighted by atomic mass is 9.96. The Morgan fingerprint density at radius 3 is 2.86 bits per heavy atom. The number of halogens is 2. The van der Waals surface area contributed by atoms with Crippen LogP contribution in [0.1, 0.15) is 5.56 Å². The molecule has 0 bridgehead atoms. The molecule has 0 radical (unpaired) electrons. The van der Waals surface area contributed by atoms with Crippen LogP contribution < -0.4 is 10.1 Å². The number of carbonyl (C=O) groups is 1. The van der Waals surface area contributed by atoms with E-state index in [0.717, 1.165) is 11.3 Å². The molecule has 0 saturated carbocycles. The average Bonchev–Trinajstić information content (AvgIpc) is 2.50. The summed E-state index contributed by atoms with van der Waals surface area (Å²) in [6.07, 6.45) is 0.653. The third kappa shape index (κ3) is 3.14. The van der Waals surface area contributed by atoms with Gasteiger partial charge in [0.25, 0.3) is 0 Å². The Morgan fingerprint density at radius 2 is 2.00 bits per heavy atom. The van der Waals surface area contributed by atoms with Gasteiger partial charge in [-0.15, -0.1) is 0 Å². The molecular formula is C16H13Cl2NO2. The molecule has 2 aromatic rings. The number of anilines is 1. The summed E-state index contributed by atoms with van der Waals surface area (Å²) in [7, 11) is 0. The SMILES string of the molecule is O=C(Nc1cc(Cl)ccc1Cl)C1COc2ccccc2C1. The predicted molar refractivity (Wildman–Crippen MR) is 84.2 cm³/mol. The highest BCUT2D eigenvalue weighted by Crippen LogP contribution is 2.29. The zero-order chi connectivity index (χ0) is 14.8. The number of nitrogens with one attached hydrogen (secondary N) is 1. The molecule has 1 N–H and O–H groups in total. The summed E-state index contributed by atoms with van der Waals surface area (Å²) in [5.74, 6) is 0.492. The molecule has 0 aliphatic carbocycles. The number of hydrogen-bond acceptors (Lipinski definition) is 2. The van der Waals surface area contributed by atoms with Crippen molar-refractivity contribution in [3.8, 4) is 5.75 Å². The number of hydrogen-bond donors (Lipinski definition) is 1. The molecule has 0 saturated heterocycles. The maximum Gasteiger partial charge on any atom is 0.231 e. The van der Waals surface area contributed by atoms with Crippen LogP contribution in [-0.2, 0) is 11.2 Å². The topological polar surface area (TPSA) is 38.3 Å². The average molecular weight is 322 g/mol. The summed E-state index contributed by atoms with van der Waals surface area (Å²) in [6.45, 7) is 0.362. The summed E-state index contributed by atoms with van der Waals surface area (Å²) in [4.78, 5) is 12.3. The van der Waals surface area contributed by atoms with Crippen molar-refractivity contribution in [2.24, 2.45) is 5.92 Å². The molecule has 2 aromatic carbocycles. The number of benzene rings is 2. The second-order valence-corrected chi connectivity index (χ2v) is 5.78. The molecule has 3 nitrogen and oxygen atoms in total. The van der Waals surface area contributed by atoms with Gasteiger partial charge in [-0.1, -0.05) is 41.4 Å². The zero-order valence-corrected chi connectivity index (χ0v) is 12.6. The summed E-state index contributed by atoms with van der Waals surface area (Å²) in [5.41, 5.74) is 1.56. The molecule has 1 unspecified atom stereocenters. The van der Waals surface area contributed by atoms with E-state index in [1.807, 2.05) is 24.3 Å². The Bertz CT molecular complexity index is 688. The number of amides is 1. The van der Waals surface area contributed by atoms with Crippen LogP contribution in [0.4, 0.5) is 5.69 Å². The maximum atomic E-state index is 12.3. The minimum atomic E-state index is -0.241. The van der Waals surface area contributed by atoms with Gasteiger partial charge in [-0.25, -0.2) is 0 Å². The molecule has 108 valence electrons. The van der Waals surface area contributed by atoms with E-state index in [4.69, 9.17) is 27.9 Å². The highest BCUT2D eigenvalue weighted by Gasteiger charge is 2.26. The summed E-state index contributed by atoms with van der Waals surface area (Å²) in [6, 6.07) is 12.7. The summed E-state index contributed by atoms with van der Waals surface area (Å²) < 4.78 is 5.63. The van der Waals surface area contributed by atoms with Gasteiger partial charge >= 0.3 is 0 Å². The van der Waals surface area contributed by atoms with Gasteiger partial charge in [0.2, 0.25) is 5.91 Å². The number of carbonyl (C=O) groups excluding carboxylic acids is 1. The maximum absolute atomic E-state index is 12.3. The molecule has 0 fully saturated rings. The third-order valence-electron chi connectivity index (χ3n) is 3.44. The Labute approximate surface area is 132 Å². The largest absolute Gasteiger partial charge is 0.492 e. The summed E-state index contributed by atoms with van der Waals surface area (Å²) in [5, 5.41) is 3.81. The van der Waals surface area contributed by atoms with E-state index in [-0.39, 0.29) is 11.8 Å². The first-order valence-corrected chi connectivity index (χ1v) is 7.35. The monoisotopic (exact) mass is 321 g/mol. The van der Waals surface area contributed by atoms with Gasteiger partial charge < -0.3 is 10.1 Å². The van der Waals surface area contributed by atoms with E-state index in [2.05, 4.69) is 5.32 Å². The predicted octanol–water partition coefficient (Wildman–Crippen LogP) is 4.18. The molecule has 1 heterocycles. The van der Waals surface area contributed by atoms with Crippen molar-refractivity contribution in [2.45, 2.75) is 6.42 Å². The van der Waals surface area contributed by atoms with Crippen LogP contribution in [0.25, 0.3) is 0 Å². The molecule has 3 rings (SSSR count). The quantitative estimate of drug-likeness (QED) is 0.900. The van der Waals surface area contributed by atoms with Gasteiger partial charge in [0.1, 0.15) is 12.4 Å². The van der Waals surface area contributed by atoms with Crippen LogP contribution in [0.15, 0.2) is 42.5 Å². The fourth-order valence-corrected chi connectivity index (χ4v) is 2.66. The lowest BCUT2D eigenvalue weighted by Gasteiger charge is -2.24. The van der Waals surface area contributed by atoms with Gasteiger partial charge in [0, 0.05) is 5.02 Å². The molecule has 1 aliphatic rings. The van der Waals surface area contributed by atoms with E-state index >= 15 is 0 Å². The van der Waals surface area contributed by atoms with Gasteiger partial charge in [-0.3, -0.25) is 4.79 Å². The van der Waals surface area contributed by atoms with Crippen molar-refractivity contribution in [2.75, 3.05) is 11.9 Å². The molecule has 0 spiro atoms. The van der Waals surface area contributed by atoms with Gasteiger partial charge in [0.05, 0.1) is 16.6 Å². The Balaban J connectivity index is 1.74. The first kappa shape index (κ1) is 14.2. The number of para-hydroxylation sites is 1. The minimum absolute atomic E-state index is 0.117. The molecule has 5 heteroatoms. The van der Waals surface area contributed by atoms with Crippen LogP contribution in [0, 0.1) is 5.92 Å². The Kier molecular flexibility index (Phi) is 4.04. The van der Waals surface area contributed by atoms with Crippen molar-refractivity contribution < 1.29 is 9.53 Å². The fraction of sp³-hybridized carbons (Fsp3) is 0.188.